The van der Waals surface area contributed by atoms with Crippen LogP contribution >= 0.6 is 0 Å². The van der Waals surface area contributed by atoms with Crippen LogP contribution in [0.4, 0.5) is 14.5 Å². The third kappa shape index (κ3) is 7.25. The zero-order valence-corrected chi connectivity index (χ0v) is 19.7. The van der Waals surface area contributed by atoms with Gasteiger partial charge in [-0.3, -0.25) is 19.8 Å². The van der Waals surface area contributed by atoms with E-state index in [1.165, 1.54) is 13.2 Å². The van der Waals surface area contributed by atoms with Gasteiger partial charge >= 0.3 is 6.61 Å². The molecule has 1 amide bonds. The fourth-order valence-electron chi connectivity index (χ4n) is 4.06. The maximum atomic E-state index is 12.8. The first kappa shape index (κ1) is 26.1. The van der Waals surface area contributed by atoms with Crippen molar-refractivity contribution in [1.29, 1.82) is 0 Å². The molecule has 2 aromatic rings. The summed E-state index contributed by atoms with van der Waals surface area (Å²) in [5.41, 5.74) is 1.06. The molecule has 1 aliphatic rings. The molecule has 0 aliphatic carbocycles. The highest BCUT2D eigenvalue weighted by Gasteiger charge is 2.25. The van der Waals surface area contributed by atoms with Crippen LogP contribution in [0, 0.1) is 10.1 Å². The Balaban J connectivity index is 1.61. The monoisotopic (exact) mass is 493 g/mol. The number of rotatable bonds is 10. The van der Waals surface area contributed by atoms with E-state index in [4.69, 9.17) is 9.47 Å². The molecule has 0 unspecified atom stereocenters. The SMILES string of the molecule is COc1ccc(CCC(=O)N2CCCN(Cc3cc(OC)c(OC(F)F)cc3[N+](=O)[O-])CC2)cc1. The van der Waals surface area contributed by atoms with Gasteiger partial charge in [0.05, 0.1) is 25.2 Å². The second kappa shape index (κ2) is 12.3. The second-order valence-electron chi connectivity index (χ2n) is 8.13. The molecule has 1 saturated heterocycles. The van der Waals surface area contributed by atoms with Crippen molar-refractivity contribution in [2.45, 2.75) is 32.4 Å². The van der Waals surface area contributed by atoms with Crippen LogP contribution in [0.5, 0.6) is 17.2 Å². The van der Waals surface area contributed by atoms with E-state index in [2.05, 4.69) is 4.74 Å². The van der Waals surface area contributed by atoms with Crippen molar-refractivity contribution in [3.63, 3.8) is 0 Å². The van der Waals surface area contributed by atoms with E-state index in [0.717, 1.165) is 17.4 Å². The number of benzene rings is 2. The Bertz CT molecular complexity index is 1020. The minimum Gasteiger partial charge on any atom is -0.497 e. The molecular formula is C24H29F2N3O6. The van der Waals surface area contributed by atoms with Crippen LogP contribution < -0.4 is 14.2 Å². The number of carbonyl (C=O) groups is 1. The number of hydrogen-bond acceptors (Lipinski definition) is 7. The minimum absolute atomic E-state index is 0.00365. The van der Waals surface area contributed by atoms with Crippen LogP contribution in [0.2, 0.25) is 0 Å². The summed E-state index contributed by atoms with van der Waals surface area (Å²) in [6.45, 7) is -0.646. The number of nitrogens with zero attached hydrogens (tertiary/aromatic N) is 3. The number of methoxy groups -OCH3 is 2. The maximum Gasteiger partial charge on any atom is 0.387 e. The van der Waals surface area contributed by atoms with Gasteiger partial charge in [0, 0.05) is 44.7 Å². The Labute approximate surface area is 202 Å². The van der Waals surface area contributed by atoms with Gasteiger partial charge in [-0.2, -0.15) is 8.78 Å². The van der Waals surface area contributed by atoms with Crippen molar-refractivity contribution >= 4 is 11.6 Å². The summed E-state index contributed by atoms with van der Waals surface area (Å²) in [4.78, 5) is 27.5. The van der Waals surface area contributed by atoms with E-state index < -0.39 is 11.5 Å². The topological polar surface area (TPSA) is 94.4 Å². The van der Waals surface area contributed by atoms with Gasteiger partial charge in [-0.05, 0) is 36.6 Å². The fourth-order valence-corrected chi connectivity index (χ4v) is 4.06. The smallest absolute Gasteiger partial charge is 0.387 e. The van der Waals surface area contributed by atoms with Crippen LogP contribution in [0.25, 0.3) is 0 Å². The second-order valence-corrected chi connectivity index (χ2v) is 8.13. The zero-order valence-electron chi connectivity index (χ0n) is 19.7. The number of amides is 1. The van der Waals surface area contributed by atoms with Crippen LogP contribution in [0.3, 0.4) is 0 Å². The highest BCUT2D eigenvalue weighted by Crippen LogP contribution is 2.36. The van der Waals surface area contributed by atoms with Gasteiger partial charge in [-0.25, -0.2) is 0 Å². The first-order chi connectivity index (χ1) is 16.8. The number of alkyl halides is 2. The summed E-state index contributed by atoms with van der Waals surface area (Å²) >= 11 is 0. The van der Waals surface area contributed by atoms with Crippen molar-refractivity contribution in [1.82, 2.24) is 9.80 Å². The maximum absolute atomic E-state index is 12.8. The summed E-state index contributed by atoms with van der Waals surface area (Å²) in [6.07, 6.45) is 1.73. The quantitative estimate of drug-likeness (QED) is 0.366. The molecule has 1 aliphatic heterocycles. The van der Waals surface area contributed by atoms with Gasteiger partial charge in [-0.1, -0.05) is 12.1 Å². The molecule has 0 radical (unpaired) electrons. The number of nitro groups is 1. The van der Waals surface area contributed by atoms with Gasteiger partial charge in [0.1, 0.15) is 5.75 Å². The van der Waals surface area contributed by atoms with Gasteiger partial charge < -0.3 is 19.1 Å². The van der Waals surface area contributed by atoms with E-state index in [0.29, 0.717) is 51.0 Å². The first-order valence-corrected chi connectivity index (χ1v) is 11.2. The molecule has 11 heteroatoms. The Morgan fingerprint density at radius 3 is 2.43 bits per heavy atom. The Morgan fingerprint density at radius 1 is 1.06 bits per heavy atom. The predicted octanol–water partition coefficient (Wildman–Crippen LogP) is 3.88. The molecule has 3 rings (SSSR count). The Kier molecular flexibility index (Phi) is 9.18. The third-order valence-electron chi connectivity index (χ3n) is 5.90. The van der Waals surface area contributed by atoms with Crippen LogP contribution in [-0.4, -0.2) is 67.6 Å². The van der Waals surface area contributed by atoms with E-state index in [9.17, 15) is 23.7 Å². The van der Waals surface area contributed by atoms with E-state index in [1.807, 2.05) is 34.1 Å². The van der Waals surface area contributed by atoms with E-state index in [1.54, 1.807) is 7.11 Å². The summed E-state index contributed by atoms with van der Waals surface area (Å²) < 4.78 is 40.0. The summed E-state index contributed by atoms with van der Waals surface area (Å²) in [6, 6.07) is 9.93. The molecule has 190 valence electrons. The molecule has 2 aromatic carbocycles. The highest BCUT2D eigenvalue weighted by molar-refractivity contribution is 5.76. The van der Waals surface area contributed by atoms with Crippen molar-refractivity contribution in [3.05, 3.63) is 57.6 Å². The van der Waals surface area contributed by atoms with Crippen molar-refractivity contribution in [3.8, 4) is 17.2 Å². The average molecular weight is 494 g/mol. The van der Waals surface area contributed by atoms with Gasteiger partial charge in [0.25, 0.3) is 5.69 Å². The lowest BCUT2D eigenvalue weighted by atomic mass is 10.1. The number of halogens is 2. The number of aryl methyl sites for hydroxylation is 1. The fraction of sp³-hybridized carbons (Fsp3) is 0.458. The standard InChI is InChI=1S/C24H29F2N3O6/c1-33-19-7-4-17(5-8-19)6-9-23(30)28-11-3-10-27(12-13-28)16-18-14-21(34-2)22(35-24(25)26)15-20(18)29(31)32/h4-5,7-8,14-15,24H,3,6,9-13,16H2,1-2H3. The van der Waals surface area contributed by atoms with Gasteiger partial charge in [0.2, 0.25) is 5.91 Å². The van der Waals surface area contributed by atoms with Gasteiger partial charge in [-0.15, -0.1) is 0 Å². The molecular weight excluding hydrogens is 464 g/mol. The minimum atomic E-state index is -3.13. The molecule has 0 bridgehead atoms. The molecule has 0 atom stereocenters. The van der Waals surface area contributed by atoms with Crippen molar-refractivity contribution in [2.75, 3.05) is 40.4 Å². The molecule has 9 nitrogen and oxygen atoms in total. The lowest BCUT2D eigenvalue weighted by molar-refractivity contribution is -0.385. The van der Waals surface area contributed by atoms with Crippen LogP contribution in [-0.2, 0) is 17.8 Å². The third-order valence-corrected chi connectivity index (χ3v) is 5.90. The molecule has 0 spiro atoms. The summed E-state index contributed by atoms with van der Waals surface area (Å²) in [5.74, 6) is 0.434. The Morgan fingerprint density at radius 2 is 1.80 bits per heavy atom. The molecule has 1 fully saturated rings. The molecule has 0 aromatic heterocycles. The van der Waals surface area contributed by atoms with Gasteiger partial charge in [0.15, 0.2) is 11.5 Å². The average Bonchev–Trinajstić information content (AvgIpc) is 3.08. The number of carbonyl (C=O) groups excluding carboxylic acids is 1. The van der Waals surface area contributed by atoms with Crippen molar-refractivity contribution in [2.24, 2.45) is 0 Å². The van der Waals surface area contributed by atoms with Crippen LogP contribution in [0.1, 0.15) is 24.0 Å². The predicted molar refractivity (Wildman–Crippen MR) is 124 cm³/mol. The lowest BCUT2D eigenvalue weighted by Gasteiger charge is -2.22. The molecule has 0 N–H and O–H groups in total. The largest absolute Gasteiger partial charge is 0.497 e. The zero-order chi connectivity index (χ0) is 25.4. The van der Waals surface area contributed by atoms with E-state index in [-0.39, 0.29) is 29.6 Å². The van der Waals surface area contributed by atoms with Crippen LogP contribution in [0.15, 0.2) is 36.4 Å². The molecule has 35 heavy (non-hydrogen) atoms. The number of nitro benzene ring substituents is 1. The molecule has 0 saturated carbocycles. The summed E-state index contributed by atoms with van der Waals surface area (Å²) in [5, 5.41) is 11.6. The van der Waals surface area contributed by atoms with E-state index >= 15 is 0 Å². The Hall–Kier alpha value is -3.47. The normalized spacial score (nSPS) is 14.5. The molecule has 1 heterocycles. The first-order valence-electron chi connectivity index (χ1n) is 11.2. The number of ether oxygens (including phenoxy) is 3. The summed E-state index contributed by atoms with van der Waals surface area (Å²) in [7, 11) is 2.89. The number of hydrogen-bond donors (Lipinski definition) is 0. The lowest BCUT2D eigenvalue weighted by Crippen LogP contribution is -2.35. The highest BCUT2D eigenvalue weighted by atomic mass is 19.3. The van der Waals surface area contributed by atoms with Crippen molar-refractivity contribution < 1.29 is 32.7 Å².